The number of nitrogens with zero attached hydrogens (tertiary/aromatic N) is 3. The second-order valence-corrected chi connectivity index (χ2v) is 9.73. The smallest absolute Gasteiger partial charge is 0.299 e. The summed E-state index contributed by atoms with van der Waals surface area (Å²) in [4.78, 5) is 28.3. The van der Waals surface area contributed by atoms with Crippen LogP contribution in [0.15, 0.2) is 114 Å². The molecule has 8 heteroatoms. The van der Waals surface area contributed by atoms with E-state index in [9.17, 15) is 9.59 Å². The molecule has 0 radical (unpaired) electrons. The predicted molar refractivity (Wildman–Crippen MR) is 158 cm³/mol. The fourth-order valence-corrected chi connectivity index (χ4v) is 4.44. The van der Waals surface area contributed by atoms with E-state index < -0.39 is 5.56 Å². The van der Waals surface area contributed by atoms with E-state index in [0.29, 0.717) is 34.3 Å². The molecule has 7 nitrogen and oxygen atoms in total. The lowest BCUT2D eigenvalue weighted by Gasteiger charge is -2.18. The van der Waals surface area contributed by atoms with Gasteiger partial charge in [-0.05, 0) is 66.6 Å². The molecule has 200 valence electrons. The first-order valence-electron chi connectivity index (χ1n) is 12.7. The molecule has 5 aromatic rings. The van der Waals surface area contributed by atoms with E-state index in [1.54, 1.807) is 60.5 Å². The molecular formula is C32H27ClN4O3. The van der Waals surface area contributed by atoms with Crippen LogP contribution in [0.2, 0.25) is 5.02 Å². The van der Waals surface area contributed by atoms with Gasteiger partial charge in [0, 0.05) is 24.8 Å². The summed E-state index contributed by atoms with van der Waals surface area (Å²) in [5, 5.41) is 7.89. The van der Waals surface area contributed by atoms with E-state index in [1.807, 2.05) is 61.5 Å². The van der Waals surface area contributed by atoms with Crippen molar-refractivity contribution < 1.29 is 9.53 Å². The first-order valence-corrected chi connectivity index (χ1v) is 13.0. The molecule has 0 saturated heterocycles. The van der Waals surface area contributed by atoms with Gasteiger partial charge in [-0.25, -0.2) is 0 Å². The van der Waals surface area contributed by atoms with Crippen molar-refractivity contribution >= 4 is 28.9 Å². The third kappa shape index (κ3) is 6.06. The summed E-state index contributed by atoms with van der Waals surface area (Å²) in [7, 11) is 1.77. The molecule has 0 aliphatic rings. The van der Waals surface area contributed by atoms with Gasteiger partial charge in [-0.1, -0.05) is 66.2 Å². The number of halogens is 1. The average molecular weight is 551 g/mol. The van der Waals surface area contributed by atoms with Gasteiger partial charge < -0.3 is 15.0 Å². The van der Waals surface area contributed by atoms with Crippen LogP contribution in [0.1, 0.15) is 21.5 Å². The summed E-state index contributed by atoms with van der Waals surface area (Å²) in [6.07, 6.45) is 1.48. The summed E-state index contributed by atoms with van der Waals surface area (Å²) < 4.78 is 7.31. The second-order valence-electron chi connectivity index (χ2n) is 9.32. The number of anilines is 2. The number of amides is 1. The molecule has 0 aliphatic carbocycles. The Labute approximate surface area is 237 Å². The molecule has 0 atom stereocenters. The largest absolute Gasteiger partial charge is 0.453 e. The molecule has 0 fully saturated rings. The lowest BCUT2D eigenvalue weighted by atomic mass is 10.1. The minimum Gasteiger partial charge on any atom is -0.453 e. The minimum atomic E-state index is -0.444. The predicted octanol–water partition coefficient (Wildman–Crippen LogP) is 7.00. The number of aryl methyl sites for hydroxylation is 1. The first-order chi connectivity index (χ1) is 19.4. The number of carbonyl (C=O) groups is 1. The van der Waals surface area contributed by atoms with Crippen molar-refractivity contribution in [1.82, 2.24) is 14.7 Å². The Morgan fingerprint density at radius 3 is 2.40 bits per heavy atom. The summed E-state index contributed by atoms with van der Waals surface area (Å²) in [6, 6.07) is 31.2. The Balaban J connectivity index is 1.44. The number of aromatic nitrogens is 2. The quantitative estimate of drug-likeness (QED) is 0.225. The van der Waals surface area contributed by atoms with Crippen LogP contribution in [0.3, 0.4) is 0 Å². The highest BCUT2D eigenvalue weighted by atomic mass is 35.5. The zero-order valence-electron chi connectivity index (χ0n) is 22.0. The molecule has 0 bridgehead atoms. The van der Waals surface area contributed by atoms with Crippen molar-refractivity contribution in [3.63, 3.8) is 0 Å². The molecule has 0 saturated carbocycles. The zero-order valence-corrected chi connectivity index (χ0v) is 22.8. The van der Waals surface area contributed by atoms with Crippen LogP contribution in [0, 0.1) is 6.92 Å². The normalized spacial score (nSPS) is 10.7. The SMILES string of the molecule is Cc1cccc(Oc2cnn(-c3ccccc3Cl)c(=O)c2Nc2ccc(C(=O)N(C)Cc3ccccc3)cc2)c1. The maximum absolute atomic E-state index is 13.7. The lowest BCUT2D eigenvalue weighted by Crippen LogP contribution is -2.26. The van der Waals surface area contributed by atoms with Crippen LogP contribution in [0.5, 0.6) is 11.5 Å². The van der Waals surface area contributed by atoms with Crippen molar-refractivity contribution in [2.24, 2.45) is 0 Å². The van der Waals surface area contributed by atoms with Gasteiger partial charge in [-0.2, -0.15) is 9.78 Å². The van der Waals surface area contributed by atoms with Gasteiger partial charge in [0.15, 0.2) is 11.4 Å². The van der Waals surface area contributed by atoms with Crippen molar-refractivity contribution in [2.45, 2.75) is 13.5 Å². The molecule has 1 aromatic heterocycles. The average Bonchev–Trinajstić information content (AvgIpc) is 2.96. The number of rotatable bonds is 8. The number of ether oxygens (including phenoxy) is 1. The molecule has 0 spiro atoms. The summed E-state index contributed by atoms with van der Waals surface area (Å²) in [5.41, 5.74) is 3.38. The van der Waals surface area contributed by atoms with Crippen LogP contribution < -0.4 is 15.6 Å². The number of para-hydroxylation sites is 1. The number of nitrogens with one attached hydrogen (secondary N) is 1. The second kappa shape index (κ2) is 11.9. The molecule has 4 aromatic carbocycles. The van der Waals surface area contributed by atoms with Crippen molar-refractivity contribution in [2.75, 3.05) is 12.4 Å². The van der Waals surface area contributed by atoms with E-state index >= 15 is 0 Å². The van der Waals surface area contributed by atoms with E-state index in [4.69, 9.17) is 16.3 Å². The standard InChI is InChI=1S/C32H27ClN4O3/c1-22-9-8-12-26(19-22)40-29-20-34-37(28-14-7-6-13-27(28)33)32(39)30(29)35-25-17-15-24(16-18-25)31(38)36(2)21-23-10-4-3-5-11-23/h3-20,35H,21H2,1-2H3. The summed E-state index contributed by atoms with van der Waals surface area (Å²) >= 11 is 6.37. The highest BCUT2D eigenvalue weighted by molar-refractivity contribution is 6.32. The Morgan fingerprint density at radius 1 is 0.950 bits per heavy atom. The molecule has 0 aliphatic heterocycles. The highest BCUT2D eigenvalue weighted by Gasteiger charge is 2.18. The Morgan fingerprint density at radius 2 is 1.68 bits per heavy atom. The molecule has 1 N–H and O–H groups in total. The summed E-state index contributed by atoms with van der Waals surface area (Å²) in [5.74, 6) is 0.715. The molecule has 1 amide bonds. The number of carbonyl (C=O) groups excluding carboxylic acids is 1. The van der Waals surface area contributed by atoms with E-state index in [0.717, 1.165) is 11.1 Å². The van der Waals surface area contributed by atoms with Crippen molar-refractivity contribution in [3.05, 3.63) is 141 Å². The molecule has 0 unspecified atom stereocenters. The van der Waals surface area contributed by atoms with E-state index in [-0.39, 0.29) is 17.3 Å². The fourth-order valence-electron chi connectivity index (χ4n) is 4.22. The lowest BCUT2D eigenvalue weighted by molar-refractivity contribution is 0.0785. The third-order valence-corrected chi connectivity index (χ3v) is 6.57. The maximum atomic E-state index is 13.7. The van der Waals surface area contributed by atoms with Crippen LogP contribution in [0.4, 0.5) is 11.4 Å². The van der Waals surface area contributed by atoms with Gasteiger partial charge in [0.05, 0.1) is 16.9 Å². The number of hydrogen-bond acceptors (Lipinski definition) is 5. The molecule has 1 heterocycles. The maximum Gasteiger partial charge on any atom is 0.299 e. The highest BCUT2D eigenvalue weighted by Crippen LogP contribution is 2.30. The van der Waals surface area contributed by atoms with Gasteiger partial charge in [0.1, 0.15) is 5.75 Å². The van der Waals surface area contributed by atoms with E-state index in [2.05, 4.69) is 10.4 Å². The molecule has 40 heavy (non-hydrogen) atoms. The van der Waals surface area contributed by atoms with Gasteiger partial charge >= 0.3 is 0 Å². The van der Waals surface area contributed by atoms with Crippen LogP contribution in [-0.2, 0) is 6.54 Å². The third-order valence-electron chi connectivity index (χ3n) is 6.25. The van der Waals surface area contributed by atoms with Crippen LogP contribution >= 0.6 is 11.6 Å². The first kappa shape index (κ1) is 26.7. The van der Waals surface area contributed by atoms with Gasteiger partial charge in [0.2, 0.25) is 0 Å². The van der Waals surface area contributed by atoms with Crippen LogP contribution in [0.25, 0.3) is 5.69 Å². The Kier molecular flexibility index (Phi) is 7.94. The summed E-state index contributed by atoms with van der Waals surface area (Å²) in [6.45, 7) is 2.46. The number of hydrogen-bond donors (Lipinski definition) is 1. The van der Waals surface area contributed by atoms with Gasteiger partial charge in [-0.15, -0.1) is 0 Å². The van der Waals surface area contributed by atoms with Gasteiger partial charge in [-0.3, -0.25) is 9.59 Å². The monoisotopic (exact) mass is 550 g/mol. The zero-order chi connectivity index (χ0) is 28.1. The van der Waals surface area contributed by atoms with Gasteiger partial charge in [0.25, 0.3) is 11.5 Å². The van der Waals surface area contributed by atoms with Crippen LogP contribution in [-0.4, -0.2) is 27.6 Å². The minimum absolute atomic E-state index is 0.108. The van der Waals surface area contributed by atoms with Crippen molar-refractivity contribution in [3.8, 4) is 17.2 Å². The number of benzene rings is 4. The molecular weight excluding hydrogens is 524 g/mol. The van der Waals surface area contributed by atoms with E-state index in [1.165, 1.54) is 10.9 Å². The fraction of sp³-hybridized carbons (Fsp3) is 0.0938. The Hall–Kier alpha value is -4.88. The molecule has 5 rings (SSSR count). The van der Waals surface area contributed by atoms with Crippen molar-refractivity contribution in [1.29, 1.82) is 0 Å². The Bertz CT molecular complexity index is 1700. The topological polar surface area (TPSA) is 76.5 Å².